The Morgan fingerprint density at radius 1 is 0.636 bits per heavy atom. The highest BCUT2D eigenvalue weighted by Crippen LogP contribution is 2.35. The van der Waals surface area contributed by atoms with E-state index in [1.54, 1.807) is 18.2 Å². The normalized spacial score (nSPS) is 23.2. The minimum Gasteiger partial charge on any atom is -0.457 e. The van der Waals surface area contributed by atoms with Gasteiger partial charge in [-0.2, -0.15) is 0 Å². The molecule has 4 nitrogen and oxygen atoms in total. The zero-order chi connectivity index (χ0) is 30.5. The van der Waals surface area contributed by atoms with Gasteiger partial charge in [-0.1, -0.05) is 97.1 Å². The Morgan fingerprint density at radius 3 is 2.00 bits per heavy atom. The number of benzene rings is 3. The second-order valence-corrected chi connectivity index (χ2v) is 13.9. The number of Topliss-reactive ketones (excluding diaryl/α,β-unsaturated/α-hetero) is 2. The lowest BCUT2D eigenvalue weighted by molar-refractivity contribution is -0.116. The number of fused-ring (bicyclic) bond motifs is 3. The maximum atomic E-state index is 13.4. The number of hydrogen-bond donors (Lipinski definition) is 0. The molecule has 2 unspecified atom stereocenters. The molecule has 0 amide bonds. The lowest BCUT2D eigenvalue weighted by atomic mass is 9.85. The Kier molecular flexibility index (Phi) is 7.19. The smallest absolute Gasteiger partial charge is 0.170 e. The van der Waals surface area contributed by atoms with E-state index in [9.17, 15) is 18.0 Å². The molecule has 0 aromatic heterocycles. The molecule has 3 aromatic rings. The maximum absolute atomic E-state index is 13.4. The van der Waals surface area contributed by atoms with Gasteiger partial charge in [0.05, 0.1) is 0 Å². The third-order valence-electron chi connectivity index (χ3n) is 8.51. The SMILES string of the molecule is CC=C1C(=O)C2C=C(c3cccc(-c4cccc(-c5ccc6c(c5)C(=O)C5C=CC=CC5=[S-]6=O)c4)c3)C=CC2=[S-](=O)C1=CC. The quantitative estimate of drug-likeness (QED) is 0.174. The van der Waals surface area contributed by atoms with E-state index in [2.05, 4.69) is 12.1 Å². The molecule has 0 radical (unpaired) electrons. The van der Waals surface area contributed by atoms with E-state index < -0.39 is 32.6 Å². The van der Waals surface area contributed by atoms with Gasteiger partial charge in [-0.05, 0) is 71.0 Å². The van der Waals surface area contributed by atoms with E-state index in [0.717, 1.165) is 33.4 Å². The Morgan fingerprint density at radius 2 is 1.30 bits per heavy atom. The largest absolute Gasteiger partial charge is 0.457 e. The first kappa shape index (κ1) is 28.3. The molecule has 0 spiro atoms. The number of rotatable bonds is 3. The molecule has 2 heterocycles. The van der Waals surface area contributed by atoms with Gasteiger partial charge in [0, 0.05) is 17.4 Å². The van der Waals surface area contributed by atoms with Crippen molar-refractivity contribution in [3.63, 3.8) is 0 Å². The van der Waals surface area contributed by atoms with Crippen molar-refractivity contribution in [2.75, 3.05) is 0 Å². The van der Waals surface area contributed by atoms with E-state index >= 15 is 0 Å². The van der Waals surface area contributed by atoms with Crippen LogP contribution in [0.3, 0.4) is 0 Å². The summed E-state index contributed by atoms with van der Waals surface area (Å²) in [5, 5.41) is 0. The van der Waals surface area contributed by atoms with Crippen LogP contribution >= 0.6 is 0 Å². The van der Waals surface area contributed by atoms with Crippen LogP contribution in [-0.2, 0) is 34.0 Å². The van der Waals surface area contributed by atoms with Crippen molar-refractivity contribution in [1.82, 2.24) is 0 Å². The molecule has 44 heavy (non-hydrogen) atoms. The summed E-state index contributed by atoms with van der Waals surface area (Å²) >= 11 is 0. The van der Waals surface area contributed by atoms with Gasteiger partial charge in [0.15, 0.2) is 11.6 Å². The summed E-state index contributed by atoms with van der Waals surface area (Å²) in [7, 11) is -2.73. The van der Waals surface area contributed by atoms with Gasteiger partial charge >= 0.3 is 0 Å². The van der Waals surface area contributed by atoms with Gasteiger partial charge in [-0.15, -0.1) is 25.6 Å². The first-order valence-corrected chi connectivity index (χ1v) is 16.8. The van der Waals surface area contributed by atoms with Crippen molar-refractivity contribution in [2.24, 2.45) is 11.8 Å². The van der Waals surface area contributed by atoms with Crippen LogP contribution in [0, 0.1) is 11.8 Å². The average Bonchev–Trinajstić information content (AvgIpc) is 3.08. The second kappa shape index (κ2) is 11.2. The molecule has 3 aromatic carbocycles. The maximum Gasteiger partial charge on any atom is 0.170 e. The molecule has 6 heteroatoms. The number of hydrogen-bond acceptors (Lipinski definition) is 6. The van der Waals surface area contributed by atoms with Crippen molar-refractivity contribution in [3.05, 3.63) is 143 Å². The van der Waals surface area contributed by atoms with Crippen LogP contribution < -0.4 is 0 Å². The van der Waals surface area contributed by atoms with E-state index in [4.69, 9.17) is 0 Å². The Balaban J connectivity index is 1.23. The molecule has 0 bridgehead atoms. The van der Waals surface area contributed by atoms with Crippen molar-refractivity contribution in [1.29, 1.82) is 0 Å². The molecular formula is C38H28O4S2-2. The third-order valence-corrected chi connectivity index (χ3v) is 11.8. The molecule has 2 atom stereocenters. The van der Waals surface area contributed by atoms with Crippen molar-refractivity contribution < 1.29 is 18.0 Å². The fraction of sp³-hybridized carbons (Fsp3) is 0.105. The molecule has 218 valence electrons. The zero-order valence-corrected chi connectivity index (χ0v) is 25.8. The summed E-state index contributed by atoms with van der Waals surface area (Å²) in [6.45, 7) is 3.62. The molecular weight excluding hydrogens is 585 g/mol. The van der Waals surface area contributed by atoms with Crippen LogP contribution in [0.15, 0.2) is 137 Å². The fourth-order valence-corrected chi connectivity index (χ4v) is 9.17. The average molecular weight is 613 g/mol. The summed E-state index contributed by atoms with van der Waals surface area (Å²) in [5.74, 6) is -1.09. The van der Waals surface area contributed by atoms with E-state index in [0.29, 0.717) is 30.7 Å². The van der Waals surface area contributed by atoms with Crippen LogP contribution in [0.2, 0.25) is 0 Å². The highest BCUT2D eigenvalue weighted by Gasteiger charge is 2.28. The molecule has 0 saturated carbocycles. The first-order chi connectivity index (χ1) is 21.4. The van der Waals surface area contributed by atoms with Gasteiger partial charge in [-0.3, -0.25) is 9.59 Å². The molecule has 4 aliphatic rings. The van der Waals surface area contributed by atoms with Crippen LogP contribution in [0.1, 0.15) is 29.8 Å². The second-order valence-electron chi connectivity index (χ2n) is 11.0. The van der Waals surface area contributed by atoms with Crippen molar-refractivity contribution >= 4 is 47.6 Å². The van der Waals surface area contributed by atoms with Gasteiger partial charge in [-0.25, -0.2) is 20.8 Å². The monoisotopic (exact) mass is 612 g/mol. The molecule has 2 aliphatic carbocycles. The molecule has 0 fully saturated rings. The van der Waals surface area contributed by atoms with Crippen LogP contribution in [0.4, 0.5) is 0 Å². The Bertz CT molecular complexity index is 2170. The molecule has 2 aliphatic heterocycles. The predicted molar refractivity (Wildman–Crippen MR) is 181 cm³/mol. The van der Waals surface area contributed by atoms with E-state index in [1.165, 1.54) is 0 Å². The fourth-order valence-electron chi connectivity index (χ4n) is 6.26. The Hall–Kier alpha value is -4.52. The molecule has 0 saturated heterocycles. The standard InChI is InChI=1S/C38H28O4S2/c1-3-29-33(4-2)43(41)35-17-15-27(21-31(35)37(29)39)25-11-7-9-23(19-25)24-10-8-12-26(20-24)28-16-18-36-32(22-28)38(40)30-13-5-6-14-34(30)44(36)42/h3-22,30-31H,1-2H3/q-2. The third kappa shape index (κ3) is 4.57. The van der Waals surface area contributed by atoms with Crippen LogP contribution in [0.25, 0.3) is 27.8 Å². The highest BCUT2D eigenvalue weighted by molar-refractivity contribution is 7.89. The van der Waals surface area contributed by atoms with Gasteiger partial charge in [0.2, 0.25) is 0 Å². The zero-order valence-electron chi connectivity index (χ0n) is 24.2. The topological polar surface area (TPSA) is 68.3 Å². The Labute approximate surface area is 260 Å². The van der Waals surface area contributed by atoms with Gasteiger partial charge < -0.3 is 8.42 Å². The number of carbonyl (C=O) groups excluding carboxylic acids is 2. The number of allylic oxidation sites excluding steroid dienone is 11. The summed E-state index contributed by atoms with van der Waals surface area (Å²) in [5.41, 5.74) is 6.75. The van der Waals surface area contributed by atoms with Crippen molar-refractivity contribution in [3.8, 4) is 22.3 Å². The number of carbonyl (C=O) groups is 2. The van der Waals surface area contributed by atoms with Gasteiger partial charge in [0.1, 0.15) is 0 Å². The van der Waals surface area contributed by atoms with E-state index in [-0.39, 0.29) is 11.6 Å². The summed E-state index contributed by atoms with van der Waals surface area (Å²) in [6.07, 6.45) is 16.5. The summed E-state index contributed by atoms with van der Waals surface area (Å²) < 4.78 is 26.4. The lowest BCUT2D eigenvalue weighted by Crippen LogP contribution is -2.31. The minimum absolute atomic E-state index is 0.0288. The first-order valence-electron chi connectivity index (χ1n) is 14.5. The van der Waals surface area contributed by atoms with Gasteiger partial charge in [0.25, 0.3) is 0 Å². The molecule has 7 rings (SSSR count). The van der Waals surface area contributed by atoms with Crippen molar-refractivity contribution in [2.45, 2.75) is 18.7 Å². The highest BCUT2D eigenvalue weighted by atomic mass is 32.2. The summed E-state index contributed by atoms with van der Waals surface area (Å²) in [6, 6.07) is 21.9. The van der Waals surface area contributed by atoms with E-state index in [1.807, 2.05) is 105 Å². The number of ketones is 2. The summed E-state index contributed by atoms with van der Waals surface area (Å²) in [4.78, 5) is 29.1. The van der Waals surface area contributed by atoms with Crippen LogP contribution in [0.5, 0.6) is 0 Å². The minimum atomic E-state index is -1.37. The predicted octanol–water partition coefficient (Wildman–Crippen LogP) is 7.59. The lowest BCUT2D eigenvalue weighted by Gasteiger charge is -2.33. The van der Waals surface area contributed by atoms with Crippen LogP contribution in [-0.4, -0.2) is 21.3 Å². The molecule has 0 N–H and O–H groups in total.